The number of carbonyl (C=O) groups is 2. The first-order valence-electron chi connectivity index (χ1n) is 16.0. The highest BCUT2D eigenvalue weighted by Gasteiger charge is 2.69. The highest BCUT2D eigenvalue weighted by molar-refractivity contribution is 6.00. The highest BCUT2D eigenvalue weighted by atomic mass is 16.2. The monoisotopic (exact) mass is 545 g/mol. The van der Waals surface area contributed by atoms with Crippen molar-refractivity contribution in [2.75, 3.05) is 0 Å². The standard InChI is InChI=1S/C35H51N3O2/c1-21(2)27-23(39)20-32(5)16-17-34(7)22(28(27)32)10-11-25-33(6)14-13-26(38-30(40)29-36-18-9-19-37-29)31(3,4)24(33)12-15-35(25,34)8/h9,18-19,21-22,24-26H,10-17,20H2,1-8H3,(H,38,40)/t22-,24+,25-,26?,32+,33+,34-,35-/m1/s1. The van der Waals surface area contributed by atoms with Crippen molar-refractivity contribution < 1.29 is 9.59 Å². The number of rotatable bonds is 3. The van der Waals surface area contributed by atoms with Crippen LogP contribution in [-0.4, -0.2) is 27.7 Å². The number of allylic oxidation sites excluding steroid dienone is 2. The van der Waals surface area contributed by atoms with Crippen LogP contribution in [-0.2, 0) is 4.79 Å². The van der Waals surface area contributed by atoms with Crippen molar-refractivity contribution in [3.8, 4) is 0 Å². The molecule has 8 atom stereocenters. The summed E-state index contributed by atoms with van der Waals surface area (Å²) in [5.74, 6) is 2.62. The maximum Gasteiger partial charge on any atom is 0.289 e. The van der Waals surface area contributed by atoms with Crippen molar-refractivity contribution in [2.24, 2.45) is 50.7 Å². The van der Waals surface area contributed by atoms with Crippen LogP contribution in [0.4, 0.5) is 0 Å². The molecule has 1 heterocycles. The van der Waals surface area contributed by atoms with Gasteiger partial charge < -0.3 is 5.32 Å². The van der Waals surface area contributed by atoms with E-state index in [1.807, 2.05) is 0 Å². The lowest BCUT2D eigenvalue weighted by Gasteiger charge is -2.72. The summed E-state index contributed by atoms with van der Waals surface area (Å²) in [7, 11) is 0. The summed E-state index contributed by atoms with van der Waals surface area (Å²) in [4.78, 5) is 34.8. The Labute approximate surface area is 241 Å². The topological polar surface area (TPSA) is 72.0 Å². The van der Waals surface area contributed by atoms with E-state index < -0.39 is 0 Å². The molecule has 5 aliphatic rings. The quantitative estimate of drug-likeness (QED) is 0.425. The molecule has 0 saturated heterocycles. The average Bonchev–Trinajstić information content (AvgIpc) is 3.17. The van der Waals surface area contributed by atoms with E-state index in [2.05, 4.69) is 70.7 Å². The molecule has 6 rings (SSSR count). The van der Waals surface area contributed by atoms with Gasteiger partial charge in [-0.3, -0.25) is 9.59 Å². The number of nitrogens with zero attached hydrogens (tertiary/aromatic N) is 2. The number of hydrogen-bond donors (Lipinski definition) is 1. The van der Waals surface area contributed by atoms with Crippen LogP contribution in [0.5, 0.6) is 0 Å². The smallest absolute Gasteiger partial charge is 0.289 e. The average molecular weight is 546 g/mol. The Morgan fingerprint density at radius 3 is 2.25 bits per heavy atom. The van der Waals surface area contributed by atoms with E-state index >= 15 is 0 Å². The Hall–Kier alpha value is -2.04. The lowest BCUT2D eigenvalue weighted by atomic mass is 9.33. The van der Waals surface area contributed by atoms with E-state index in [0.717, 1.165) is 25.7 Å². The lowest BCUT2D eigenvalue weighted by Crippen LogP contribution is -2.66. The molecule has 1 aromatic heterocycles. The molecular formula is C35H51N3O2. The third-order valence-electron chi connectivity index (χ3n) is 13.9. The molecule has 40 heavy (non-hydrogen) atoms. The Balaban J connectivity index is 1.31. The second-order valence-corrected chi connectivity index (χ2v) is 16.2. The molecule has 4 saturated carbocycles. The Morgan fingerprint density at radius 1 is 0.875 bits per heavy atom. The van der Waals surface area contributed by atoms with Crippen molar-refractivity contribution in [1.29, 1.82) is 0 Å². The van der Waals surface area contributed by atoms with Gasteiger partial charge in [-0.2, -0.15) is 0 Å². The largest absolute Gasteiger partial charge is 0.346 e. The van der Waals surface area contributed by atoms with E-state index in [-0.39, 0.29) is 44.8 Å². The predicted octanol–water partition coefficient (Wildman–Crippen LogP) is 7.58. The minimum Gasteiger partial charge on any atom is -0.346 e. The van der Waals surface area contributed by atoms with Crippen LogP contribution in [0.25, 0.3) is 0 Å². The fourth-order valence-electron chi connectivity index (χ4n) is 11.8. The molecule has 1 amide bonds. The lowest BCUT2D eigenvalue weighted by molar-refractivity contribution is -0.215. The third kappa shape index (κ3) is 3.63. The second-order valence-electron chi connectivity index (χ2n) is 16.2. The van der Waals surface area contributed by atoms with E-state index in [9.17, 15) is 9.59 Å². The van der Waals surface area contributed by atoms with Crippen LogP contribution in [0, 0.1) is 50.7 Å². The maximum atomic E-state index is 13.3. The number of amides is 1. The van der Waals surface area contributed by atoms with Crippen molar-refractivity contribution >= 4 is 11.7 Å². The number of ketones is 1. The fourth-order valence-corrected chi connectivity index (χ4v) is 11.8. The van der Waals surface area contributed by atoms with Crippen molar-refractivity contribution in [1.82, 2.24) is 15.3 Å². The molecule has 1 aromatic rings. The number of Topliss-reactive ketones (excluding diaryl/α,β-unsaturated/α-hetero) is 1. The summed E-state index contributed by atoms with van der Waals surface area (Å²) in [5.41, 5.74) is 3.56. The first-order valence-corrected chi connectivity index (χ1v) is 16.0. The van der Waals surface area contributed by atoms with E-state index in [4.69, 9.17) is 0 Å². The zero-order valence-corrected chi connectivity index (χ0v) is 26.2. The van der Waals surface area contributed by atoms with Gasteiger partial charge in [0.25, 0.3) is 5.91 Å². The third-order valence-corrected chi connectivity index (χ3v) is 13.9. The van der Waals surface area contributed by atoms with Crippen LogP contribution in [0.1, 0.15) is 124 Å². The van der Waals surface area contributed by atoms with Gasteiger partial charge in [-0.1, -0.05) is 61.0 Å². The van der Waals surface area contributed by atoms with E-state index in [1.54, 1.807) is 24.0 Å². The fraction of sp³-hybridized carbons (Fsp3) is 0.771. The first kappa shape index (κ1) is 28.1. The van der Waals surface area contributed by atoms with Gasteiger partial charge in [0.2, 0.25) is 5.82 Å². The van der Waals surface area contributed by atoms with Gasteiger partial charge >= 0.3 is 0 Å². The maximum absolute atomic E-state index is 13.3. The normalized spacial score (nSPS) is 44.0. The molecule has 4 fully saturated rings. The Kier molecular flexibility index (Phi) is 6.31. The molecule has 218 valence electrons. The number of carbonyl (C=O) groups excluding carboxylic acids is 2. The summed E-state index contributed by atoms with van der Waals surface area (Å²) in [6.45, 7) is 19.6. The number of nitrogens with one attached hydrogen (secondary N) is 1. The second kappa shape index (κ2) is 8.98. The van der Waals surface area contributed by atoms with E-state index in [1.165, 1.54) is 37.7 Å². The molecule has 0 bridgehead atoms. The zero-order chi connectivity index (χ0) is 28.9. The van der Waals surface area contributed by atoms with E-state index in [0.29, 0.717) is 29.5 Å². The summed E-state index contributed by atoms with van der Waals surface area (Å²) in [5, 5.41) is 3.36. The predicted molar refractivity (Wildman–Crippen MR) is 158 cm³/mol. The SMILES string of the molecule is CC(C)C1=C2[C@H]3CC[C@@H]4[C@@]5(C)CCC(NC(=O)c6ncccn6)C(C)(C)[C@@H]5CC[C@@]4(C)[C@]3(C)CC[C@@]2(C)CC1=O. The van der Waals surface area contributed by atoms with Crippen molar-refractivity contribution in [3.63, 3.8) is 0 Å². The van der Waals surface area contributed by atoms with Crippen LogP contribution in [0.15, 0.2) is 29.6 Å². The molecule has 5 heteroatoms. The molecule has 5 nitrogen and oxygen atoms in total. The summed E-state index contributed by atoms with van der Waals surface area (Å²) < 4.78 is 0. The van der Waals surface area contributed by atoms with Crippen LogP contribution < -0.4 is 5.32 Å². The summed E-state index contributed by atoms with van der Waals surface area (Å²) >= 11 is 0. The molecule has 0 radical (unpaired) electrons. The molecule has 0 aliphatic heterocycles. The molecule has 0 spiro atoms. The van der Waals surface area contributed by atoms with Gasteiger partial charge in [0.05, 0.1) is 0 Å². The summed E-state index contributed by atoms with van der Waals surface area (Å²) in [6.07, 6.45) is 13.5. The molecule has 1 unspecified atom stereocenters. The highest BCUT2D eigenvalue weighted by Crippen LogP contribution is 2.76. The van der Waals surface area contributed by atoms with Gasteiger partial charge in [0, 0.05) is 24.9 Å². The Bertz CT molecular complexity index is 1250. The zero-order valence-electron chi connectivity index (χ0n) is 26.2. The number of hydrogen-bond acceptors (Lipinski definition) is 4. The number of aromatic nitrogens is 2. The van der Waals surface area contributed by atoms with Gasteiger partial charge in [-0.15, -0.1) is 0 Å². The van der Waals surface area contributed by atoms with Crippen LogP contribution >= 0.6 is 0 Å². The minimum atomic E-state index is -0.151. The van der Waals surface area contributed by atoms with Crippen molar-refractivity contribution in [2.45, 2.75) is 119 Å². The minimum absolute atomic E-state index is 0.00707. The number of fused-ring (bicyclic) bond motifs is 7. The van der Waals surface area contributed by atoms with Crippen LogP contribution in [0.3, 0.4) is 0 Å². The molecule has 1 N–H and O–H groups in total. The Morgan fingerprint density at radius 2 is 1.57 bits per heavy atom. The van der Waals surface area contributed by atoms with Crippen molar-refractivity contribution in [3.05, 3.63) is 35.4 Å². The van der Waals surface area contributed by atoms with Gasteiger partial charge in [0.1, 0.15) is 0 Å². The molecule has 0 aromatic carbocycles. The summed E-state index contributed by atoms with van der Waals surface area (Å²) in [6, 6.07) is 1.87. The molecule has 5 aliphatic carbocycles. The molecular weight excluding hydrogens is 494 g/mol. The van der Waals surface area contributed by atoms with Gasteiger partial charge in [0.15, 0.2) is 5.78 Å². The van der Waals surface area contributed by atoms with Crippen LogP contribution in [0.2, 0.25) is 0 Å². The van der Waals surface area contributed by atoms with Gasteiger partial charge in [-0.25, -0.2) is 9.97 Å². The first-order chi connectivity index (χ1) is 18.7. The van der Waals surface area contributed by atoms with Gasteiger partial charge in [-0.05, 0) is 114 Å².